The Hall–Kier alpha value is -2.78. The summed E-state index contributed by atoms with van der Waals surface area (Å²) < 4.78 is 5.61. The van der Waals surface area contributed by atoms with Crippen LogP contribution in [0, 0.1) is 17.8 Å². The van der Waals surface area contributed by atoms with Crippen LogP contribution in [-0.4, -0.2) is 67.0 Å². The Kier molecular flexibility index (Phi) is 4.83. The summed E-state index contributed by atoms with van der Waals surface area (Å²) in [6.07, 6.45) is 13.4. The summed E-state index contributed by atoms with van der Waals surface area (Å²) >= 11 is 0. The number of hydrogen-bond donors (Lipinski definition) is 3. The zero-order valence-corrected chi connectivity index (χ0v) is 19.7. The van der Waals surface area contributed by atoms with Gasteiger partial charge in [0.15, 0.2) is 0 Å². The summed E-state index contributed by atoms with van der Waals surface area (Å²) in [5.74, 6) is 1.50. The van der Waals surface area contributed by atoms with Gasteiger partial charge in [-0.15, -0.1) is 0 Å². The number of nitrogens with zero attached hydrogens (tertiary/aromatic N) is 4. The van der Waals surface area contributed by atoms with Gasteiger partial charge < -0.3 is 25.0 Å². The first kappa shape index (κ1) is 21.5. The summed E-state index contributed by atoms with van der Waals surface area (Å²) in [5, 5.41) is 28.5. The highest BCUT2D eigenvalue weighted by Gasteiger charge is 2.55. The highest BCUT2D eigenvalue weighted by atomic mass is 16.5. The fourth-order valence-corrected chi connectivity index (χ4v) is 7.74. The normalized spacial score (nSPS) is 34.6. The van der Waals surface area contributed by atoms with Gasteiger partial charge in [0, 0.05) is 30.8 Å². The molecule has 5 fully saturated rings. The smallest absolute Gasteiger partial charge is 0.295 e. The second-order valence-corrected chi connectivity index (χ2v) is 11.3. The van der Waals surface area contributed by atoms with Crippen LogP contribution in [0.3, 0.4) is 0 Å². The third-order valence-electron chi connectivity index (χ3n) is 9.04. The van der Waals surface area contributed by atoms with Crippen molar-refractivity contribution in [3.05, 3.63) is 29.4 Å². The van der Waals surface area contributed by atoms with E-state index in [1.165, 1.54) is 0 Å². The number of carbonyl (C=O) groups excluding carboxylic acids is 1. The van der Waals surface area contributed by atoms with Crippen molar-refractivity contribution >= 4 is 17.7 Å². The van der Waals surface area contributed by atoms with Crippen molar-refractivity contribution in [2.24, 2.45) is 17.8 Å². The maximum Gasteiger partial charge on any atom is 0.295 e. The summed E-state index contributed by atoms with van der Waals surface area (Å²) in [6, 6.07) is 0.0882. The molecule has 3 N–H and O–H groups in total. The minimum Gasteiger partial charge on any atom is -0.394 e. The van der Waals surface area contributed by atoms with E-state index in [0.29, 0.717) is 29.9 Å². The zero-order valence-electron chi connectivity index (χ0n) is 19.7. The molecule has 8 rings (SSSR count). The van der Waals surface area contributed by atoms with Crippen LogP contribution in [-0.2, 0) is 6.42 Å². The van der Waals surface area contributed by atoms with Crippen LogP contribution >= 0.6 is 0 Å². The fraction of sp³-hybridized carbons (Fsp3) is 0.615. The van der Waals surface area contributed by atoms with Crippen LogP contribution in [0.15, 0.2) is 16.8 Å². The third kappa shape index (κ3) is 3.42. The van der Waals surface area contributed by atoms with E-state index in [0.717, 1.165) is 68.3 Å². The molecule has 9 nitrogen and oxygen atoms in total. The van der Waals surface area contributed by atoms with Crippen molar-refractivity contribution in [2.45, 2.75) is 69.1 Å². The lowest BCUT2D eigenvalue weighted by molar-refractivity contribution is -0.129. The molecule has 5 aliphatic carbocycles. The van der Waals surface area contributed by atoms with Crippen LogP contribution in [0.2, 0.25) is 0 Å². The number of likely N-dealkylation sites (tertiary alicyclic amines) is 1. The second-order valence-electron chi connectivity index (χ2n) is 11.3. The first-order valence-electron chi connectivity index (χ1n) is 12.9. The van der Waals surface area contributed by atoms with Crippen molar-refractivity contribution in [1.29, 1.82) is 0 Å². The second kappa shape index (κ2) is 7.86. The lowest BCUT2D eigenvalue weighted by Gasteiger charge is -2.58. The van der Waals surface area contributed by atoms with E-state index >= 15 is 0 Å². The van der Waals surface area contributed by atoms with E-state index in [1.54, 1.807) is 11.1 Å². The number of aromatic nitrogens is 3. The van der Waals surface area contributed by atoms with E-state index < -0.39 is 5.60 Å². The molecule has 4 bridgehead atoms. The SMILES string of the molecule is O=C(c1noc(-c2cnc3c(c2NC2C4CC5CC2CC(O)(C5)C4)C=CC3)n1)N1CCC[C@H]1CO. The van der Waals surface area contributed by atoms with Crippen LogP contribution in [0.5, 0.6) is 0 Å². The third-order valence-corrected chi connectivity index (χ3v) is 9.04. The van der Waals surface area contributed by atoms with E-state index in [4.69, 9.17) is 4.52 Å². The number of rotatable bonds is 5. The van der Waals surface area contributed by atoms with Gasteiger partial charge in [0.2, 0.25) is 0 Å². The number of fused-ring (bicyclic) bond motifs is 1. The number of carbonyl (C=O) groups is 1. The Balaban J connectivity index is 1.22. The predicted molar refractivity (Wildman–Crippen MR) is 127 cm³/mol. The number of anilines is 1. The molecule has 184 valence electrons. The molecular weight excluding hydrogens is 446 g/mol. The average molecular weight is 478 g/mol. The van der Waals surface area contributed by atoms with Crippen molar-refractivity contribution < 1.29 is 19.5 Å². The highest BCUT2D eigenvalue weighted by Crippen LogP contribution is 2.56. The molecule has 1 amide bonds. The molecule has 35 heavy (non-hydrogen) atoms. The molecule has 0 spiro atoms. The monoisotopic (exact) mass is 477 g/mol. The molecular formula is C26H31N5O4. The molecule has 3 atom stereocenters. The molecule has 2 aromatic heterocycles. The Bertz CT molecular complexity index is 1190. The number of aliphatic hydroxyl groups is 2. The van der Waals surface area contributed by atoms with E-state index in [1.807, 2.05) is 0 Å². The van der Waals surface area contributed by atoms with Crippen LogP contribution in [0.1, 0.15) is 66.8 Å². The van der Waals surface area contributed by atoms with Crippen molar-refractivity contribution in [3.8, 4) is 11.5 Å². The first-order chi connectivity index (χ1) is 17.0. The van der Waals surface area contributed by atoms with E-state index in [2.05, 4.69) is 32.6 Å². The summed E-state index contributed by atoms with van der Waals surface area (Å²) in [4.78, 5) is 23.8. The van der Waals surface area contributed by atoms with Crippen LogP contribution in [0.25, 0.3) is 17.5 Å². The van der Waals surface area contributed by atoms with Crippen LogP contribution < -0.4 is 5.32 Å². The Labute approximate surface area is 203 Å². The number of aliphatic hydroxyl groups excluding tert-OH is 1. The largest absolute Gasteiger partial charge is 0.394 e. The number of hydrogen-bond acceptors (Lipinski definition) is 8. The highest BCUT2D eigenvalue weighted by molar-refractivity contribution is 5.92. The van der Waals surface area contributed by atoms with Gasteiger partial charge in [-0.2, -0.15) is 4.98 Å². The first-order valence-corrected chi connectivity index (χ1v) is 12.9. The molecule has 4 saturated carbocycles. The number of pyridine rings is 1. The van der Waals surface area contributed by atoms with Gasteiger partial charge in [0.1, 0.15) is 0 Å². The lowest BCUT2D eigenvalue weighted by Crippen LogP contribution is -2.59. The lowest BCUT2D eigenvalue weighted by atomic mass is 9.52. The van der Waals surface area contributed by atoms with Gasteiger partial charge in [-0.3, -0.25) is 9.78 Å². The average Bonchev–Trinajstić information content (AvgIpc) is 3.60. The Morgan fingerprint density at radius 1 is 1.26 bits per heavy atom. The van der Waals surface area contributed by atoms with Crippen molar-refractivity contribution in [2.75, 3.05) is 18.5 Å². The Morgan fingerprint density at radius 2 is 2.09 bits per heavy atom. The number of nitrogens with one attached hydrogen (secondary N) is 1. The van der Waals surface area contributed by atoms with Gasteiger partial charge in [-0.1, -0.05) is 17.3 Å². The number of allylic oxidation sites excluding steroid dienone is 1. The topological polar surface area (TPSA) is 125 Å². The van der Waals surface area contributed by atoms with Gasteiger partial charge in [-0.05, 0) is 62.7 Å². The summed E-state index contributed by atoms with van der Waals surface area (Å²) in [7, 11) is 0. The van der Waals surface area contributed by atoms with Gasteiger partial charge in [-0.25, -0.2) is 0 Å². The fourth-order valence-electron chi connectivity index (χ4n) is 7.74. The maximum atomic E-state index is 13.0. The minimum absolute atomic E-state index is 0.0131. The molecule has 1 aliphatic heterocycles. The summed E-state index contributed by atoms with van der Waals surface area (Å²) in [6.45, 7) is 0.523. The standard InChI is InChI=1S/C26H31N5O4/c32-13-17-3-2-6-31(17)25(33)23-29-24(35-30-23)19-12-27-20-5-1-4-18(20)22(19)28-21-15-7-14-8-16(21)11-26(34,9-14)10-15/h1,4,12,14-17,21,32,34H,2-3,5-11,13H2,(H,27,28)/t14?,15?,16?,17-,21?,26?/m0/s1. The molecule has 1 saturated heterocycles. The number of amides is 1. The van der Waals surface area contributed by atoms with E-state index in [-0.39, 0.29) is 36.3 Å². The summed E-state index contributed by atoms with van der Waals surface area (Å²) in [5.41, 5.74) is 3.21. The van der Waals surface area contributed by atoms with Gasteiger partial charge >= 0.3 is 0 Å². The van der Waals surface area contributed by atoms with Gasteiger partial charge in [0.25, 0.3) is 17.6 Å². The molecule has 6 aliphatic rings. The molecule has 3 heterocycles. The quantitative estimate of drug-likeness (QED) is 0.600. The maximum absolute atomic E-state index is 13.0. The minimum atomic E-state index is -0.485. The molecule has 0 aromatic carbocycles. The Morgan fingerprint density at radius 3 is 2.86 bits per heavy atom. The van der Waals surface area contributed by atoms with Crippen molar-refractivity contribution in [1.82, 2.24) is 20.0 Å². The van der Waals surface area contributed by atoms with Crippen molar-refractivity contribution in [3.63, 3.8) is 0 Å². The van der Waals surface area contributed by atoms with E-state index in [9.17, 15) is 15.0 Å². The predicted octanol–water partition coefficient (Wildman–Crippen LogP) is 2.65. The van der Waals surface area contributed by atoms with Gasteiger partial charge in [0.05, 0.1) is 35.2 Å². The molecule has 0 radical (unpaired) electrons. The molecule has 2 aromatic rings. The molecule has 2 unspecified atom stereocenters. The molecule has 9 heteroatoms. The van der Waals surface area contributed by atoms with Crippen LogP contribution in [0.4, 0.5) is 5.69 Å². The zero-order chi connectivity index (χ0) is 23.7.